The number of nitrogens with two attached hydrogens (primary N) is 1. The van der Waals surface area contributed by atoms with Crippen LogP contribution in [0.4, 0.5) is 0 Å². The number of carbonyl (C=O) groups excluding carboxylic acids is 1. The van der Waals surface area contributed by atoms with Gasteiger partial charge in [0.1, 0.15) is 5.75 Å². The predicted octanol–water partition coefficient (Wildman–Crippen LogP) is -0.136. The summed E-state index contributed by atoms with van der Waals surface area (Å²) in [7, 11) is 0. The highest BCUT2D eigenvalue weighted by Gasteiger charge is 2.08. The Bertz CT molecular complexity index is 328. The van der Waals surface area contributed by atoms with Crippen LogP contribution < -0.4 is 11.1 Å². The van der Waals surface area contributed by atoms with Gasteiger partial charge in [-0.3, -0.25) is 9.78 Å². The van der Waals surface area contributed by atoms with Crippen LogP contribution in [-0.4, -0.2) is 28.6 Å². The highest BCUT2D eigenvalue weighted by Crippen LogP contribution is 2.08. The van der Waals surface area contributed by atoms with Crippen LogP contribution in [-0.2, 0) is 0 Å². The fourth-order valence-electron chi connectivity index (χ4n) is 0.918. The van der Waals surface area contributed by atoms with Gasteiger partial charge in [-0.1, -0.05) is 0 Å². The predicted molar refractivity (Wildman–Crippen MR) is 51.9 cm³/mol. The fourth-order valence-corrected chi connectivity index (χ4v) is 0.918. The zero-order valence-corrected chi connectivity index (χ0v) is 7.90. The molecule has 0 radical (unpaired) electrons. The Morgan fingerprint density at radius 1 is 1.71 bits per heavy atom. The molecule has 76 valence electrons. The average molecular weight is 195 g/mol. The van der Waals surface area contributed by atoms with Crippen LogP contribution in [0.3, 0.4) is 0 Å². The monoisotopic (exact) mass is 195 g/mol. The van der Waals surface area contributed by atoms with E-state index in [2.05, 4.69) is 10.3 Å². The zero-order chi connectivity index (χ0) is 10.6. The first-order valence-corrected chi connectivity index (χ1v) is 4.28. The standard InChI is InChI=1S/C9H13N3O2/c1-6(3-10)12-9(14)7-2-8(13)5-11-4-7/h2,4-6,13H,3,10H2,1H3,(H,12,14). The summed E-state index contributed by atoms with van der Waals surface area (Å²) >= 11 is 0. The molecule has 5 nitrogen and oxygen atoms in total. The maximum atomic E-state index is 11.4. The Labute approximate surface area is 82.0 Å². The van der Waals surface area contributed by atoms with Crippen molar-refractivity contribution >= 4 is 5.91 Å². The van der Waals surface area contributed by atoms with Gasteiger partial charge >= 0.3 is 0 Å². The van der Waals surface area contributed by atoms with E-state index in [9.17, 15) is 4.79 Å². The molecule has 1 aromatic heterocycles. The Kier molecular flexibility index (Phi) is 3.41. The van der Waals surface area contributed by atoms with Crippen molar-refractivity contribution in [1.29, 1.82) is 0 Å². The van der Waals surface area contributed by atoms with Crippen LogP contribution in [0.5, 0.6) is 5.75 Å². The van der Waals surface area contributed by atoms with Gasteiger partial charge in [-0.25, -0.2) is 0 Å². The Hall–Kier alpha value is -1.62. The third kappa shape index (κ3) is 2.70. The van der Waals surface area contributed by atoms with E-state index in [0.29, 0.717) is 12.1 Å². The minimum absolute atomic E-state index is 0.0296. The molecule has 0 fully saturated rings. The van der Waals surface area contributed by atoms with Gasteiger partial charge in [-0.15, -0.1) is 0 Å². The molecule has 0 saturated heterocycles. The second kappa shape index (κ2) is 4.57. The number of amides is 1. The third-order valence-corrected chi connectivity index (χ3v) is 1.72. The summed E-state index contributed by atoms with van der Waals surface area (Å²) in [4.78, 5) is 15.1. The Morgan fingerprint density at radius 3 is 3.00 bits per heavy atom. The lowest BCUT2D eigenvalue weighted by molar-refractivity contribution is 0.0940. The molecule has 14 heavy (non-hydrogen) atoms. The molecule has 1 unspecified atom stereocenters. The Morgan fingerprint density at radius 2 is 2.43 bits per heavy atom. The second-order valence-corrected chi connectivity index (χ2v) is 3.04. The molecule has 0 aliphatic heterocycles. The molecule has 1 aromatic rings. The molecule has 0 bridgehead atoms. The Balaban J connectivity index is 2.70. The van der Waals surface area contributed by atoms with Gasteiger partial charge in [0.05, 0.1) is 11.8 Å². The number of hydrogen-bond acceptors (Lipinski definition) is 4. The summed E-state index contributed by atoms with van der Waals surface area (Å²) in [6.07, 6.45) is 2.65. The van der Waals surface area contributed by atoms with E-state index in [1.54, 1.807) is 6.92 Å². The normalized spacial score (nSPS) is 12.1. The number of hydrogen-bond donors (Lipinski definition) is 3. The molecule has 0 aliphatic carbocycles. The molecule has 5 heteroatoms. The van der Waals surface area contributed by atoms with Gasteiger partial charge in [-0.05, 0) is 13.0 Å². The quantitative estimate of drug-likeness (QED) is 0.626. The molecule has 1 atom stereocenters. The number of carbonyl (C=O) groups is 1. The second-order valence-electron chi connectivity index (χ2n) is 3.04. The average Bonchev–Trinajstić information content (AvgIpc) is 2.17. The van der Waals surface area contributed by atoms with Crippen LogP contribution in [0, 0.1) is 0 Å². The molecule has 1 amide bonds. The molecular weight excluding hydrogens is 182 g/mol. The van der Waals surface area contributed by atoms with Crippen LogP contribution in [0.25, 0.3) is 0 Å². The topological polar surface area (TPSA) is 88.2 Å². The van der Waals surface area contributed by atoms with E-state index >= 15 is 0 Å². The van der Waals surface area contributed by atoms with Gasteiger partial charge in [0.2, 0.25) is 0 Å². The first-order valence-electron chi connectivity index (χ1n) is 4.28. The number of pyridine rings is 1. The molecule has 1 heterocycles. The highest BCUT2D eigenvalue weighted by molar-refractivity contribution is 5.94. The molecular formula is C9H13N3O2. The van der Waals surface area contributed by atoms with E-state index in [1.165, 1.54) is 18.5 Å². The molecule has 0 aliphatic rings. The highest BCUT2D eigenvalue weighted by atomic mass is 16.3. The van der Waals surface area contributed by atoms with E-state index < -0.39 is 0 Å². The number of nitrogens with one attached hydrogen (secondary N) is 1. The summed E-state index contributed by atoms with van der Waals surface area (Å²) < 4.78 is 0. The number of aromatic nitrogens is 1. The lowest BCUT2D eigenvalue weighted by Gasteiger charge is -2.10. The summed E-state index contributed by atoms with van der Waals surface area (Å²) in [6, 6.07) is 1.26. The number of rotatable bonds is 3. The lowest BCUT2D eigenvalue weighted by Crippen LogP contribution is -2.37. The maximum Gasteiger partial charge on any atom is 0.253 e. The van der Waals surface area contributed by atoms with Gasteiger partial charge < -0.3 is 16.2 Å². The smallest absolute Gasteiger partial charge is 0.253 e. The van der Waals surface area contributed by atoms with Crippen LogP contribution >= 0.6 is 0 Å². The molecule has 0 aromatic carbocycles. The van der Waals surface area contributed by atoms with Crippen molar-refractivity contribution in [3.63, 3.8) is 0 Å². The van der Waals surface area contributed by atoms with Gasteiger partial charge in [0, 0.05) is 18.8 Å². The van der Waals surface area contributed by atoms with Crippen molar-refractivity contribution in [3.8, 4) is 5.75 Å². The van der Waals surface area contributed by atoms with Crippen molar-refractivity contribution in [2.45, 2.75) is 13.0 Å². The zero-order valence-electron chi connectivity index (χ0n) is 7.90. The largest absolute Gasteiger partial charge is 0.506 e. The summed E-state index contributed by atoms with van der Waals surface area (Å²) in [5.41, 5.74) is 5.67. The first kappa shape index (κ1) is 10.5. The van der Waals surface area contributed by atoms with Crippen LogP contribution in [0.2, 0.25) is 0 Å². The third-order valence-electron chi connectivity index (χ3n) is 1.72. The summed E-state index contributed by atoms with van der Waals surface area (Å²) in [5.74, 6) is -0.315. The van der Waals surface area contributed by atoms with Crippen molar-refractivity contribution < 1.29 is 9.90 Å². The lowest BCUT2D eigenvalue weighted by atomic mass is 10.2. The first-order chi connectivity index (χ1) is 6.63. The molecule has 0 saturated carbocycles. The molecule has 4 N–H and O–H groups in total. The van der Waals surface area contributed by atoms with E-state index in [4.69, 9.17) is 10.8 Å². The van der Waals surface area contributed by atoms with E-state index in [0.717, 1.165) is 0 Å². The minimum atomic E-state index is -0.286. The van der Waals surface area contributed by atoms with Crippen molar-refractivity contribution in [1.82, 2.24) is 10.3 Å². The molecule has 0 spiro atoms. The van der Waals surface area contributed by atoms with E-state index in [-0.39, 0.29) is 17.7 Å². The van der Waals surface area contributed by atoms with Crippen molar-refractivity contribution in [2.24, 2.45) is 5.73 Å². The maximum absolute atomic E-state index is 11.4. The number of nitrogens with zero attached hydrogens (tertiary/aromatic N) is 1. The van der Waals surface area contributed by atoms with Crippen LogP contribution in [0.1, 0.15) is 17.3 Å². The SMILES string of the molecule is CC(CN)NC(=O)c1cncc(O)c1. The fraction of sp³-hybridized carbons (Fsp3) is 0.333. The van der Waals surface area contributed by atoms with Crippen molar-refractivity contribution in [3.05, 3.63) is 24.0 Å². The minimum Gasteiger partial charge on any atom is -0.506 e. The summed E-state index contributed by atoms with van der Waals surface area (Å²) in [6.45, 7) is 2.17. The van der Waals surface area contributed by atoms with Crippen molar-refractivity contribution in [2.75, 3.05) is 6.54 Å². The van der Waals surface area contributed by atoms with Gasteiger partial charge in [0.25, 0.3) is 5.91 Å². The molecule has 1 rings (SSSR count). The number of aromatic hydroxyl groups is 1. The van der Waals surface area contributed by atoms with E-state index in [1.807, 2.05) is 0 Å². The van der Waals surface area contributed by atoms with Crippen LogP contribution in [0.15, 0.2) is 18.5 Å². The van der Waals surface area contributed by atoms with Gasteiger partial charge in [-0.2, -0.15) is 0 Å². The van der Waals surface area contributed by atoms with Gasteiger partial charge in [0.15, 0.2) is 0 Å². The summed E-state index contributed by atoms with van der Waals surface area (Å²) in [5, 5.41) is 11.7.